The van der Waals surface area contributed by atoms with Crippen molar-refractivity contribution in [3.05, 3.63) is 30.1 Å². The van der Waals surface area contributed by atoms with Gasteiger partial charge in [0, 0.05) is 25.0 Å². The highest BCUT2D eigenvalue weighted by Crippen LogP contribution is 2.08. The summed E-state index contributed by atoms with van der Waals surface area (Å²) in [4.78, 5) is 6.44. The van der Waals surface area contributed by atoms with Crippen LogP contribution in [0.3, 0.4) is 0 Å². The molecule has 0 bridgehead atoms. The molecule has 1 unspecified atom stereocenters. The van der Waals surface area contributed by atoms with E-state index in [4.69, 9.17) is 0 Å². The van der Waals surface area contributed by atoms with Gasteiger partial charge in [-0.3, -0.25) is 9.88 Å². The van der Waals surface area contributed by atoms with E-state index >= 15 is 0 Å². The van der Waals surface area contributed by atoms with Crippen LogP contribution in [0.15, 0.2) is 24.5 Å². The van der Waals surface area contributed by atoms with E-state index < -0.39 is 0 Å². The SMILES string of the molecule is CCNCCCC(C)N(C)Cc1ccncc1. The Morgan fingerprint density at radius 2 is 2.06 bits per heavy atom. The summed E-state index contributed by atoms with van der Waals surface area (Å²) in [5, 5.41) is 3.37. The number of pyridine rings is 1. The zero-order valence-corrected chi connectivity index (χ0v) is 11.3. The van der Waals surface area contributed by atoms with Crippen LogP contribution in [0.4, 0.5) is 0 Å². The lowest BCUT2D eigenvalue weighted by atomic mass is 10.1. The highest BCUT2D eigenvalue weighted by Gasteiger charge is 2.08. The number of aromatic nitrogens is 1. The van der Waals surface area contributed by atoms with Gasteiger partial charge in [0.1, 0.15) is 0 Å². The minimum atomic E-state index is 0.627. The third-order valence-electron chi connectivity index (χ3n) is 3.16. The lowest BCUT2D eigenvalue weighted by Crippen LogP contribution is -2.29. The molecule has 17 heavy (non-hydrogen) atoms. The van der Waals surface area contributed by atoms with Crippen LogP contribution in [0.25, 0.3) is 0 Å². The van der Waals surface area contributed by atoms with E-state index in [9.17, 15) is 0 Å². The van der Waals surface area contributed by atoms with E-state index in [1.165, 1.54) is 18.4 Å². The van der Waals surface area contributed by atoms with Crippen LogP contribution in [0.2, 0.25) is 0 Å². The molecule has 1 N–H and O–H groups in total. The van der Waals surface area contributed by atoms with Crippen LogP contribution < -0.4 is 5.32 Å². The fourth-order valence-electron chi connectivity index (χ4n) is 1.85. The van der Waals surface area contributed by atoms with Gasteiger partial charge in [-0.15, -0.1) is 0 Å². The summed E-state index contributed by atoms with van der Waals surface area (Å²) >= 11 is 0. The summed E-state index contributed by atoms with van der Waals surface area (Å²) in [7, 11) is 2.19. The van der Waals surface area contributed by atoms with Crippen LogP contribution in [0, 0.1) is 0 Å². The Hall–Kier alpha value is -0.930. The molecular weight excluding hydrogens is 210 g/mol. The smallest absolute Gasteiger partial charge is 0.0271 e. The van der Waals surface area contributed by atoms with Crippen LogP contribution in [-0.2, 0) is 6.54 Å². The monoisotopic (exact) mass is 235 g/mol. The molecule has 0 aromatic carbocycles. The Morgan fingerprint density at radius 1 is 1.35 bits per heavy atom. The van der Waals surface area contributed by atoms with Crippen molar-refractivity contribution in [2.75, 3.05) is 20.1 Å². The van der Waals surface area contributed by atoms with Crippen molar-refractivity contribution in [1.82, 2.24) is 15.2 Å². The van der Waals surface area contributed by atoms with Crippen molar-refractivity contribution in [1.29, 1.82) is 0 Å². The standard InChI is InChI=1S/C14H25N3/c1-4-15-9-5-6-13(2)17(3)12-14-7-10-16-11-8-14/h7-8,10-11,13,15H,4-6,9,12H2,1-3H3. The summed E-state index contributed by atoms with van der Waals surface area (Å²) in [6, 6.07) is 4.80. The summed E-state index contributed by atoms with van der Waals surface area (Å²) < 4.78 is 0. The van der Waals surface area contributed by atoms with E-state index in [0.29, 0.717) is 6.04 Å². The van der Waals surface area contributed by atoms with Gasteiger partial charge in [0.15, 0.2) is 0 Å². The Labute approximate surface area is 105 Å². The fourth-order valence-corrected chi connectivity index (χ4v) is 1.85. The van der Waals surface area contributed by atoms with Crippen molar-refractivity contribution < 1.29 is 0 Å². The van der Waals surface area contributed by atoms with Crippen molar-refractivity contribution >= 4 is 0 Å². The highest BCUT2D eigenvalue weighted by molar-refractivity contribution is 5.09. The molecule has 0 fully saturated rings. The second-order valence-electron chi connectivity index (χ2n) is 4.62. The molecule has 0 aliphatic carbocycles. The van der Waals surface area contributed by atoms with Gasteiger partial charge in [-0.25, -0.2) is 0 Å². The van der Waals surface area contributed by atoms with Gasteiger partial charge in [0.05, 0.1) is 0 Å². The first-order chi connectivity index (χ1) is 8.24. The Bertz CT molecular complexity index is 287. The zero-order valence-electron chi connectivity index (χ0n) is 11.3. The summed E-state index contributed by atoms with van der Waals surface area (Å²) in [6.45, 7) is 7.65. The topological polar surface area (TPSA) is 28.2 Å². The second kappa shape index (κ2) is 8.20. The summed E-state index contributed by atoms with van der Waals surface area (Å²) in [6.07, 6.45) is 6.21. The number of nitrogens with one attached hydrogen (secondary N) is 1. The molecule has 3 heteroatoms. The molecular formula is C14H25N3. The van der Waals surface area contributed by atoms with Gasteiger partial charge in [0.2, 0.25) is 0 Å². The van der Waals surface area contributed by atoms with Gasteiger partial charge in [-0.2, -0.15) is 0 Å². The molecule has 1 atom stereocenters. The predicted molar refractivity (Wildman–Crippen MR) is 72.9 cm³/mol. The first-order valence-electron chi connectivity index (χ1n) is 6.54. The van der Waals surface area contributed by atoms with Gasteiger partial charge in [0.25, 0.3) is 0 Å². The average Bonchev–Trinajstić information content (AvgIpc) is 2.35. The van der Waals surface area contributed by atoms with Gasteiger partial charge in [-0.1, -0.05) is 6.92 Å². The molecule has 0 radical (unpaired) electrons. The van der Waals surface area contributed by atoms with Gasteiger partial charge in [-0.05, 0) is 57.6 Å². The number of hydrogen-bond acceptors (Lipinski definition) is 3. The van der Waals surface area contributed by atoms with Crippen molar-refractivity contribution in [2.24, 2.45) is 0 Å². The predicted octanol–water partition coefficient (Wildman–Crippen LogP) is 2.29. The highest BCUT2D eigenvalue weighted by atomic mass is 15.1. The zero-order chi connectivity index (χ0) is 12.5. The number of hydrogen-bond donors (Lipinski definition) is 1. The van der Waals surface area contributed by atoms with Crippen LogP contribution in [0.5, 0.6) is 0 Å². The third-order valence-corrected chi connectivity index (χ3v) is 3.16. The first-order valence-corrected chi connectivity index (χ1v) is 6.54. The average molecular weight is 235 g/mol. The summed E-state index contributed by atoms with van der Waals surface area (Å²) in [5.74, 6) is 0. The maximum Gasteiger partial charge on any atom is 0.0271 e. The van der Waals surface area contributed by atoms with Crippen LogP contribution in [0.1, 0.15) is 32.3 Å². The maximum atomic E-state index is 4.04. The Kier molecular flexibility index (Phi) is 6.82. The van der Waals surface area contributed by atoms with Crippen molar-refractivity contribution in [2.45, 2.75) is 39.3 Å². The largest absolute Gasteiger partial charge is 0.317 e. The fraction of sp³-hybridized carbons (Fsp3) is 0.643. The Morgan fingerprint density at radius 3 is 2.71 bits per heavy atom. The number of nitrogens with zero attached hydrogens (tertiary/aromatic N) is 2. The van der Waals surface area contributed by atoms with Crippen molar-refractivity contribution in [3.63, 3.8) is 0 Å². The van der Waals surface area contributed by atoms with E-state index in [1.807, 2.05) is 12.4 Å². The normalized spacial score (nSPS) is 12.9. The molecule has 3 nitrogen and oxygen atoms in total. The quantitative estimate of drug-likeness (QED) is 0.701. The van der Waals surface area contributed by atoms with Gasteiger partial charge < -0.3 is 5.32 Å². The van der Waals surface area contributed by atoms with Crippen LogP contribution >= 0.6 is 0 Å². The Balaban J connectivity index is 2.24. The maximum absolute atomic E-state index is 4.04. The summed E-state index contributed by atoms with van der Waals surface area (Å²) in [5.41, 5.74) is 1.33. The molecule has 0 aliphatic heterocycles. The molecule has 1 aromatic heterocycles. The van der Waals surface area contributed by atoms with E-state index in [1.54, 1.807) is 0 Å². The van der Waals surface area contributed by atoms with Crippen molar-refractivity contribution in [3.8, 4) is 0 Å². The van der Waals surface area contributed by atoms with E-state index in [2.05, 4.69) is 48.2 Å². The van der Waals surface area contributed by atoms with E-state index in [-0.39, 0.29) is 0 Å². The second-order valence-corrected chi connectivity index (χ2v) is 4.62. The first kappa shape index (κ1) is 14.1. The van der Waals surface area contributed by atoms with Gasteiger partial charge >= 0.3 is 0 Å². The minimum Gasteiger partial charge on any atom is -0.317 e. The lowest BCUT2D eigenvalue weighted by molar-refractivity contribution is 0.234. The third kappa shape index (κ3) is 5.80. The van der Waals surface area contributed by atoms with Crippen LogP contribution in [-0.4, -0.2) is 36.1 Å². The molecule has 0 amide bonds. The molecule has 1 aromatic rings. The van der Waals surface area contributed by atoms with E-state index in [0.717, 1.165) is 19.6 Å². The minimum absolute atomic E-state index is 0.627. The molecule has 96 valence electrons. The molecule has 0 saturated heterocycles. The molecule has 0 spiro atoms. The molecule has 1 heterocycles. The molecule has 0 saturated carbocycles. The molecule has 0 aliphatic rings. The molecule has 1 rings (SSSR count). The lowest BCUT2D eigenvalue weighted by Gasteiger charge is -2.24. The number of rotatable bonds is 8.